The van der Waals surface area contributed by atoms with Gasteiger partial charge in [0.15, 0.2) is 28.9 Å². The van der Waals surface area contributed by atoms with Crippen LogP contribution in [0.5, 0.6) is 0 Å². The Morgan fingerprint density at radius 3 is 0.862 bits per heavy atom. The summed E-state index contributed by atoms with van der Waals surface area (Å²) in [5, 5.41) is 17.5. The lowest BCUT2D eigenvalue weighted by Gasteiger charge is -2.26. The molecule has 19 heteroatoms. The van der Waals surface area contributed by atoms with Crippen LogP contribution in [0.1, 0.15) is 338 Å². The topological polar surface area (TPSA) is 352 Å². The summed E-state index contributed by atoms with van der Waals surface area (Å²) in [6.45, 7) is 13.8. The lowest BCUT2D eigenvalue weighted by Crippen LogP contribution is -2.25. The molecule has 1 atom stereocenters. The number of benzene rings is 5. The zero-order chi connectivity index (χ0) is 88.9. The molecule has 0 amide bonds. The van der Waals surface area contributed by atoms with E-state index < -0.39 is 5.97 Å². The van der Waals surface area contributed by atoms with E-state index in [1.165, 1.54) is 29.5 Å². The van der Waals surface area contributed by atoms with Crippen LogP contribution in [0, 0.1) is 65.1 Å². The maximum Gasteiger partial charge on any atom is 0.306 e. The van der Waals surface area contributed by atoms with E-state index in [1.54, 1.807) is 0 Å². The first-order valence-electron chi connectivity index (χ1n) is 47.6. The van der Waals surface area contributed by atoms with Gasteiger partial charge in [-0.1, -0.05) is 194 Å². The molecule has 0 aliphatic heterocycles. The minimum absolute atomic E-state index is 0.0891. The molecule has 5 saturated carbocycles. The third-order valence-corrected chi connectivity index (χ3v) is 26.0. The molecule has 1 unspecified atom stereocenters. The third-order valence-electron chi connectivity index (χ3n) is 26.0. The van der Waals surface area contributed by atoms with Crippen molar-refractivity contribution >= 4 is 52.8 Å². The fourth-order valence-corrected chi connectivity index (χ4v) is 17.5. The monoisotopic (exact) mass is 1700 g/mol. The second kappa shape index (κ2) is 60.7. The van der Waals surface area contributed by atoms with E-state index in [0.717, 1.165) is 284 Å². The van der Waals surface area contributed by atoms with E-state index in [4.69, 9.17) is 53.1 Å². The Kier molecular flexibility index (Phi) is 51.2. The molecule has 0 aromatic heterocycles. The number of carbonyl (C=O) groups excluding carboxylic acids is 8. The molecule has 19 nitrogen and oxygen atoms in total. The van der Waals surface area contributed by atoms with Gasteiger partial charge in [0.1, 0.15) is 0 Å². The lowest BCUT2D eigenvalue weighted by atomic mass is 9.78. The Morgan fingerprint density at radius 2 is 0.569 bits per heavy atom. The maximum absolute atomic E-state index is 12.7. The summed E-state index contributed by atoms with van der Waals surface area (Å²) in [7, 11) is 0. The molecule has 5 aromatic carbocycles. The van der Waals surface area contributed by atoms with Gasteiger partial charge in [-0.15, -0.1) is 0 Å². The Balaban J connectivity index is 0.000000239. The molecule has 5 aliphatic rings. The van der Waals surface area contributed by atoms with Crippen molar-refractivity contribution in [2.45, 2.75) is 291 Å². The van der Waals surface area contributed by atoms with Gasteiger partial charge in [-0.3, -0.25) is 43.2 Å². The van der Waals surface area contributed by atoms with Crippen LogP contribution in [-0.2, 0) is 65.5 Å². The standard InChI is InChI=1S/C24H37NO3.2C23H35NO3.C17H23NO3.C17H25NO2/c1-3-4-5-6-23(26)28-17-18(2)15-19-7-11-21(12-8-19)24(27)22-13-9-20(16-25)10-14-22;1-2-3-4-7-22(25)27-16-5-6-18-8-12-20(13-9-18)23(26)21-14-10-19(17-24)11-15-21;1-2-3-4-5-16-27-22(25)15-10-18-6-11-20(12-7-18)23(26)21-13-8-19(17-24)9-14-21;18-11-13-3-8-15(9-4-13)17(21)14-6-1-12(2-7-14)5-10-16(19)20;18-12-14-5-9-16(10-6-14)17(20)15-7-3-13(4-8-15)2-1-11-19/h7-8,11-12,18,20,22H,3-6,9-10,13-17,25H2,1-2H3;8-9,12-13,19,21H,2-7,10-11,14-17,24H2,1H3;6-7,11-12,19,21H,2-5,8-10,13-17,24H2,1H3;1-2,6-7,13,15H,3-5,8-11,18H2,(H,19,20);3-4,7-8,14,16,19H,1-2,5-6,9-12,18H2. The van der Waals surface area contributed by atoms with E-state index in [0.29, 0.717) is 81.5 Å². The van der Waals surface area contributed by atoms with Crippen molar-refractivity contribution < 1.29 is 67.6 Å². The van der Waals surface area contributed by atoms with Gasteiger partial charge < -0.3 is 53.1 Å². The zero-order valence-corrected chi connectivity index (χ0v) is 75.4. The molecule has 0 bridgehead atoms. The van der Waals surface area contributed by atoms with Gasteiger partial charge in [0.05, 0.1) is 19.8 Å². The van der Waals surface area contributed by atoms with Crippen LogP contribution in [0.25, 0.3) is 0 Å². The second-order valence-corrected chi connectivity index (χ2v) is 35.8. The number of nitrogens with two attached hydrogens (primary N) is 5. The fourth-order valence-electron chi connectivity index (χ4n) is 17.5. The number of carboxylic acids is 1. The van der Waals surface area contributed by atoms with Crippen molar-refractivity contribution in [3.8, 4) is 0 Å². The molecule has 12 N–H and O–H groups in total. The number of rotatable bonds is 45. The molecular weight excluding hydrogens is 1540 g/mol. The number of carbonyl (C=O) groups is 9. The number of hydrogen-bond donors (Lipinski definition) is 7. The number of aliphatic hydroxyl groups is 1. The number of carboxylic acid groups (broad SMARTS) is 1. The van der Waals surface area contributed by atoms with Crippen LogP contribution in [0.2, 0.25) is 0 Å². The number of aliphatic carboxylic acids is 1. The minimum atomic E-state index is -0.799. The first-order valence-corrected chi connectivity index (χ1v) is 47.6. The Bertz CT molecular complexity index is 3810. The number of aliphatic hydroxyl groups excluding tert-OH is 1. The summed E-state index contributed by atoms with van der Waals surface area (Å²) in [4.78, 5) is 109. The summed E-state index contributed by atoms with van der Waals surface area (Å²) in [6, 6.07) is 39.0. The van der Waals surface area contributed by atoms with Crippen molar-refractivity contribution in [1.29, 1.82) is 0 Å². The van der Waals surface area contributed by atoms with Crippen molar-refractivity contribution in [2.75, 3.05) is 59.2 Å². The molecule has 0 spiro atoms. The van der Waals surface area contributed by atoms with E-state index in [9.17, 15) is 43.2 Å². The van der Waals surface area contributed by atoms with Crippen molar-refractivity contribution in [3.63, 3.8) is 0 Å². The molecule has 123 heavy (non-hydrogen) atoms. The highest BCUT2D eigenvalue weighted by atomic mass is 16.5. The number of unbranched alkanes of at least 4 members (excludes halogenated alkanes) is 7. The van der Waals surface area contributed by atoms with Crippen molar-refractivity contribution in [3.05, 3.63) is 177 Å². The Morgan fingerprint density at radius 1 is 0.309 bits per heavy atom. The molecule has 5 aromatic rings. The number of aryl methyl sites for hydroxylation is 4. The quantitative estimate of drug-likeness (QED) is 0.00824. The largest absolute Gasteiger partial charge is 0.481 e. The van der Waals surface area contributed by atoms with Crippen molar-refractivity contribution in [1.82, 2.24) is 0 Å². The highest BCUT2D eigenvalue weighted by Gasteiger charge is 2.32. The summed E-state index contributed by atoms with van der Waals surface area (Å²) in [5.41, 5.74) is 38.1. The molecule has 0 radical (unpaired) electrons. The summed E-state index contributed by atoms with van der Waals surface area (Å²) in [5.74, 6) is 4.17. The molecule has 0 saturated heterocycles. The van der Waals surface area contributed by atoms with E-state index in [1.807, 2.05) is 121 Å². The smallest absolute Gasteiger partial charge is 0.306 e. The van der Waals surface area contributed by atoms with Gasteiger partial charge in [-0.2, -0.15) is 0 Å². The maximum atomic E-state index is 12.7. The zero-order valence-electron chi connectivity index (χ0n) is 75.4. The van der Waals surface area contributed by atoms with Crippen LogP contribution in [0.15, 0.2) is 121 Å². The first-order chi connectivity index (χ1) is 59.6. The third kappa shape index (κ3) is 40.1. The van der Waals surface area contributed by atoms with E-state index in [-0.39, 0.29) is 95.4 Å². The summed E-state index contributed by atoms with van der Waals surface area (Å²) in [6.07, 6.45) is 37.8. The summed E-state index contributed by atoms with van der Waals surface area (Å²) < 4.78 is 15.9. The Hall–Kier alpha value is -7.91. The lowest BCUT2D eigenvalue weighted by molar-refractivity contribution is -0.145. The van der Waals surface area contributed by atoms with Gasteiger partial charge in [-0.05, 0) is 289 Å². The number of hydrogen-bond acceptors (Lipinski definition) is 18. The first kappa shape index (κ1) is 104. The van der Waals surface area contributed by atoms with Crippen LogP contribution in [-0.4, -0.2) is 122 Å². The molecule has 0 heterocycles. The predicted molar refractivity (Wildman–Crippen MR) is 493 cm³/mol. The van der Waals surface area contributed by atoms with Crippen LogP contribution in [0.4, 0.5) is 0 Å². The highest BCUT2D eigenvalue weighted by Crippen LogP contribution is 2.36. The molecule has 5 aliphatic carbocycles. The van der Waals surface area contributed by atoms with Gasteiger partial charge in [-0.25, -0.2) is 0 Å². The normalized spacial score (nSPS) is 20.7. The molecule has 5 fully saturated rings. The number of ketones is 5. The number of ether oxygens (including phenoxy) is 3. The van der Waals surface area contributed by atoms with Gasteiger partial charge in [0.25, 0.3) is 0 Å². The van der Waals surface area contributed by atoms with E-state index in [2.05, 4.69) is 27.7 Å². The average Bonchev–Trinajstić information content (AvgIpc) is 0.861. The fraction of sp³-hybridized carbons (Fsp3) is 0.625. The van der Waals surface area contributed by atoms with Crippen molar-refractivity contribution in [2.24, 2.45) is 93.8 Å². The van der Waals surface area contributed by atoms with Gasteiger partial charge in [0.2, 0.25) is 0 Å². The molecule has 680 valence electrons. The van der Waals surface area contributed by atoms with Gasteiger partial charge >= 0.3 is 23.9 Å². The van der Waals surface area contributed by atoms with Gasteiger partial charge in [0, 0.05) is 89.7 Å². The number of esters is 3. The average molecular weight is 1700 g/mol. The molecule has 10 rings (SSSR count). The molecular formula is C104H155N5O14. The SMILES string of the molecule is CCCCCC(=O)OCC(C)Cc1ccc(C(=O)C2CCC(CN)CC2)cc1.CCCCCC(=O)OCCCc1ccc(C(=O)C2CCC(CN)CC2)cc1.CCCCCCOC(=O)CCc1ccc(C(=O)C2CCC(CN)CC2)cc1.NCC1CCC(C(=O)c2ccc(CCC(=O)O)cc2)CC1.NCC1CCC(C(=O)c2ccc(CCCO)cc2)CC1. The second-order valence-electron chi connectivity index (χ2n) is 35.8. The van der Waals surface area contributed by atoms with Crippen LogP contribution in [0.3, 0.4) is 0 Å². The highest BCUT2D eigenvalue weighted by molar-refractivity contribution is 6.00. The van der Waals surface area contributed by atoms with Crippen LogP contribution >= 0.6 is 0 Å². The minimum Gasteiger partial charge on any atom is -0.481 e. The summed E-state index contributed by atoms with van der Waals surface area (Å²) >= 11 is 0. The van der Waals surface area contributed by atoms with Crippen LogP contribution < -0.4 is 28.7 Å². The Labute approximate surface area is 737 Å². The number of Topliss-reactive ketones (excluding diaryl/α,β-unsaturated/α-hetero) is 5. The predicted octanol–water partition coefficient (Wildman–Crippen LogP) is 19.5. The van der Waals surface area contributed by atoms with E-state index >= 15 is 0 Å².